The molecule has 0 amide bonds. The van der Waals surface area contributed by atoms with Gasteiger partial charge in [-0.05, 0) is 23.4 Å². The lowest BCUT2D eigenvalue weighted by molar-refractivity contribution is 0.425. The lowest BCUT2D eigenvalue weighted by atomic mass is 9.73. The number of hydrogen-bond acceptors (Lipinski definition) is 2. The molecule has 1 atom stereocenters. The fourth-order valence-electron chi connectivity index (χ4n) is 1.78. The number of benzene rings is 1. The molecular weight excluding hydrogens is 175 g/mol. The van der Waals surface area contributed by atoms with E-state index < -0.39 is 7.12 Å². The Kier molecular flexibility index (Phi) is 4.17. The highest BCUT2D eigenvalue weighted by molar-refractivity contribution is 6.59. The molecular formula is C11H17BO2. The summed E-state index contributed by atoms with van der Waals surface area (Å²) in [6, 6.07) is 7.51. The summed E-state index contributed by atoms with van der Waals surface area (Å²) in [5.74, 6) is 0.387. The Labute approximate surface area is 85.7 Å². The Hall–Kier alpha value is -0.795. The SMILES string of the molecule is CCCC(C)c1ccccc1B(O)O. The van der Waals surface area contributed by atoms with Crippen LogP contribution < -0.4 is 5.46 Å². The first-order valence-corrected chi connectivity index (χ1v) is 5.11. The van der Waals surface area contributed by atoms with Crippen LogP contribution in [0.5, 0.6) is 0 Å². The van der Waals surface area contributed by atoms with Gasteiger partial charge in [-0.3, -0.25) is 0 Å². The smallest absolute Gasteiger partial charge is 0.423 e. The maximum atomic E-state index is 9.18. The van der Waals surface area contributed by atoms with E-state index in [0.29, 0.717) is 11.4 Å². The van der Waals surface area contributed by atoms with Crippen molar-refractivity contribution in [2.24, 2.45) is 0 Å². The molecule has 0 bridgehead atoms. The standard InChI is InChI=1S/C11H17BO2/c1-3-6-9(2)10-7-4-5-8-11(10)12(13)14/h4-5,7-9,13-14H,3,6H2,1-2H3. The summed E-state index contributed by atoms with van der Waals surface area (Å²) in [6.07, 6.45) is 2.18. The Morgan fingerprint density at radius 3 is 2.50 bits per heavy atom. The van der Waals surface area contributed by atoms with Crippen LogP contribution >= 0.6 is 0 Å². The summed E-state index contributed by atoms with van der Waals surface area (Å²) >= 11 is 0. The van der Waals surface area contributed by atoms with E-state index in [-0.39, 0.29) is 0 Å². The average Bonchev–Trinajstić information content (AvgIpc) is 2.18. The zero-order valence-corrected chi connectivity index (χ0v) is 8.77. The molecule has 3 heteroatoms. The monoisotopic (exact) mass is 192 g/mol. The van der Waals surface area contributed by atoms with E-state index in [2.05, 4.69) is 13.8 Å². The molecule has 1 aromatic rings. The van der Waals surface area contributed by atoms with Crippen LogP contribution in [0.2, 0.25) is 0 Å². The van der Waals surface area contributed by atoms with E-state index in [1.54, 1.807) is 6.07 Å². The average molecular weight is 192 g/mol. The van der Waals surface area contributed by atoms with Crippen LogP contribution in [0.3, 0.4) is 0 Å². The zero-order valence-electron chi connectivity index (χ0n) is 8.77. The summed E-state index contributed by atoms with van der Waals surface area (Å²) in [4.78, 5) is 0. The molecule has 2 N–H and O–H groups in total. The molecule has 0 aromatic heterocycles. The van der Waals surface area contributed by atoms with E-state index in [1.807, 2.05) is 18.2 Å². The minimum atomic E-state index is -1.36. The first-order chi connectivity index (χ1) is 6.66. The molecule has 0 saturated carbocycles. The maximum Gasteiger partial charge on any atom is 0.488 e. The van der Waals surface area contributed by atoms with Gasteiger partial charge in [0, 0.05) is 0 Å². The maximum absolute atomic E-state index is 9.18. The quantitative estimate of drug-likeness (QED) is 0.705. The fraction of sp³-hybridized carbons (Fsp3) is 0.455. The normalized spacial score (nSPS) is 12.6. The Morgan fingerprint density at radius 2 is 1.93 bits per heavy atom. The van der Waals surface area contributed by atoms with Crippen LogP contribution in [0, 0.1) is 0 Å². The van der Waals surface area contributed by atoms with Crippen LogP contribution in [0.1, 0.15) is 38.2 Å². The first kappa shape index (κ1) is 11.3. The molecule has 0 aliphatic rings. The fourth-order valence-corrected chi connectivity index (χ4v) is 1.78. The van der Waals surface area contributed by atoms with Crippen LogP contribution in [-0.4, -0.2) is 17.2 Å². The van der Waals surface area contributed by atoms with Gasteiger partial charge in [-0.15, -0.1) is 0 Å². The van der Waals surface area contributed by atoms with E-state index in [1.165, 1.54) is 0 Å². The van der Waals surface area contributed by atoms with E-state index in [4.69, 9.17) is 0 Å². The second-order valence-electron chi connectivity index (χ2n) is 3.69. The van der Waals surface area contributed by atoms with Gasteiger partial charge < -0.3 is 10.0 Å². The predicted molar refractivity (Wildman–Crippen MR) is 59.6 cm³/mol. The van der Waals surface area contributed by atoms with Gasteiger partial charge in [0.05, 0.1) is 0 Å². The van der Waals surface area contributed by atoms with Crippen molar-refractivity contribution in [2.45, 2.75) is 32.6 Å². The van der Waals surface area contributed by atoms with Crippen LogP contribution in [-0.2, 0) is 0 Å². The van der Waals surface area contributed by atoms with Crippen LogP contribution in [0.15, 0.2) is 24.3 Å². The van der Waals surface area contributed by atoms with Gasteiger partial charge in [-0.25, -0.2) is 0 Å². The van der Waals surface area contributed by atoms with Crippen molar-refractivity contribution >= 4 is 12.6 Å². The van der Waals surface area contributed by atoms with Gasteiger partial charge >= 0.3 is 7.12 Å². The van der Waals surface area contributed by atoms with Crippen molar-refractivity contribution in [3.05, 3.63) is 29.8 Å². The van der Waals surface area contributed by atoms with Crippen LogP contribution in [0.4, 0.5) is 0 Å². The topological polar surface area (TPSA) is 40.5 Å². The highest BCUT2D eigenvalue weighted by Crippen LogP contribution is 2.18. The van der Waals surface area contributed by atoms with Gasteiger partial charge in [0.1, 0.15) is 0 Å². The summed E-state index contributed by atoms with van der Waals surface area (Å²) < 4.78 is 0. The lowest BCUT2D eigenvalue weighted by Crippen LogP contribution is -2.33. The second-order valence-corrected chi connectivity index (χ2v) is 3.69. The third kappa shape index (κ3) is 2.60. The molecule has 1 aromatic carbocycles. The van der Waals surface area contributed by atoms with Crippen molar-refractivity contribution in [1.82, 2.24) is 0 Å². The van der Waals surface area contributed by atoms with E-state index in [9.17, 15) is 10.0 Å². The number of rotatable bonds is 4. The second kappa shape index (κ2) is 5.18. The van der Waals surface area contributed by atoms with Gasteiger partial charge in [-0.1, -0.05) is 44.5 Å². The van der Waals surface area contributed by atoms with Gasteiger partial charge in [0.15, 0.2) is 0 Å². The molecule has 0 radical (unpaired) electrons. The third-order valence-corrected chi connectivity index (χ3v) is 2.53. The lowest BCUT2D eigenvalue weighted by Gasteiger charge is -2.15. The summed E-state index contributed by atoms with van der Waals surface area (Å²) in [5, 5.41) is 18.4. The largest absolute Gasteiger partial charge is 0.488 e. The van der Waals surface area contributed by atoms with Crippen molar-refractivity contribution in [1.29, 1.82) is 0 Å². The third-order valence-electron chi connectivity index (χ3n) is 2.53. The number of hydrogen-bond donors (Lipinski definition) is 2. The minimum absolute atomic E-state index is 0.387. The molecule has 14 heavy (non-hydrogen) atoms. The van der Waals surface area contributed by atoms with Gasteiger partial charge in [0.25, 0.3) is 0 Å². The highest BCUT2D eigenvalue weighted by atomic mass is 16.4. The van der Waals surface area contributed by atoms with Crippen LogP contribution in [0.25, 0.3) is 0 Å². The molecule has 0 saturated heterocycles. The van der Waals surface area contributed by atoms with Crippen molar-refractivity contribution in [2.75, 3.05) is 0 Å². The Balaban J connectivity index is 2.94. The molecule has 0 heterocycles. The molecule has 1 rings (SSSR count). The van der Waals surface area contributed by atoms with E-state index >= 15 is 0 Å². The molecule has 1 unspecified atom stereocenters. The highest BCUT2D eigenvalue weighted by Gasteiger charge is 2.18. The molecule has 0 fully saturated rings. The minimum Gasteiger partial charge on any atom is -0.423 e. The molecule has 76 valence electrons. The molecule has 0 aliphatic heterocycles. The van der Waals surface area contributed by atoms with Crippen molar-refractivity contribution < 1.29 is 10.0 Å². The summed E-state index contributed by atoms with van der Waals surface area (Å²) in [6.45, 7) is 4.25. The summed E-state index contributed by atoms with van der Waals surface area (Å²) in [7, 11) is -1.36. The first-order valence-electron chi connectivity index (χ1n) is 5.11. The molecule has 2 nitrogen and oxygen atoms in total. The van der Waals surface area contributed by atoms with Crippen molar-refractivity contribution in [3.8, 4) is 0 Å². The Bertz CT molecular complexity index is 286. The summed E-state index contributed by atoms with van der Waals surface area (Å²) in [5.41, 5.74) is 1.68. The molecule has 0 aliphatic carbocycles. The van der Waals surface area contributed by atoms with Gasteiger partial charge in [-0.2, -0.15) is 0 Å². The van der Waals surface area contributed by atoms with E-state index in [0.717, 1.165) is 18.4 Å². The molecule has 0 spiro atoms. The Morgan fingerprint density at radius 1 is 1.29 bits per heavy atom. The van der Waals surface area contributed by atoms with Crippen molar-refractivity contribution in [3.63, 3.8) is 0 Å². The zero-order chi connectivity index (χ0) is 10.6. The van der Waals surface area contributed by atoms with Gasteiger partial charge in [0.2, 0.25) is 0 Å². The predicted octanol–water partition coefficient (Wildman–Crippen LogP) is 1.27.